The molecule has 2 aromatic carbocycles. The van der Waals surface area contributed by atoms with Gasteiger partial charge in [0.1, 0.15) is 5.60 Å². The van der Waals surface area contributed by atoms with Crippen LogP contribution in [-0.4, -0.2) is 30.9 Å². The molecule has 0 saturated heterocycles. The van der Waals surface area contributed by atoms with Crippen molar-refractivity contribution in [3.8, 4) is 0 Å². The van der Waals surface area contributed by atoms with Crippen LogP contribution in [0.5, 0.6) is 0 Å². The van der Waals surface area contributed by atoms with E-state index in [4.69, 9.17) is 4.74 Å². The van der Waals surface area contributed by atoms with E-state index in [0.29, 0.717) is 12.2 Å². The molecule has 0 heterocycles. The fraction of sp³-hybridized carbons (Fsp3) is 0.348. The fourth-order valence-electron chi connectivity index (χ4n) is 3.02. The zero-order valence-electron chi connectivity index (χ0n) is 17.2. The van der Waals surface area contributed by atoms with Crippen LogP contribution in [0.25, 0.3) is 6.08 Å². The minimum atomic E-state index is -0.766. The standard InChI is InChI=1S/C23H30N2O3/c1-6-18-8-10-19(11-9-18)23(4,5)28-22(27)24-21-13-12-20(16-17(21)3)25(7-2)14-15-26/h6,8-13,16,26H,1,7,14-15H2,2-5H3,(H,24,27). The van der Waals surface area contributed by atoms with Crippen LogP contribution in [0.15, 0.2) is 49.0 Å². The molecule has 1 amide bonds. The molecule has 28 heavy (non-hydrogen) atoms. The number of likely N-dealkylation sites (N-methyl/N-ethyl adjacent to an activating group) is 1. The number of carbonyl (C=O) groups is 1. The van der Waals surface area contributed by atoms with E-state index in [1.165, 1.54) is 0 Å². The van der Waals surface area contributed by atoms with Crippen LogP contribution in [-0.2, 0) is 10.3 Å². The van der Waals surface area contributed by atoms with Crippen LogP contribution >= 0.6 is 0 Å². The summed E-state index contributed by atoms with van der Waals surface area (Å²) in [6.07, 6.45) is 1.27. The van der Waals surface area contributed by atoms with Crippen molar-refractivity contribution in [3.05, 3.63) is 65.7 Å². The number of nitrogens with zero attached hydrogens (tertiary/aromatic N) is 1. The normalized spacial score (nSPS) is 11.0. The maximum atomic E-state index is 12.5. The molecule has 5 nitrogen and oxygen atoms in total. The first-order chi connectivity index (χ1) is 13.3. The van der Waals surface area contributed by atoms with Gasteiger partial charge in [-0.1, -0.05) is 36.9 Å². The lowest BCUT2D eigenvalue weighted by Gasteiger charge is -2.26. The van der Waals surface area contributed by atoms with E-state index in [2.05, 4.69) is 16.8 Å². The summed E-state index contributed by atoms with van der Waals surface area (Å²) in [6.45, 7) is 12.9. The molecule has 5 heteroatoms. The first-order valence-corrected chi connectivity index (χ1v) is 9.50. The summed E-state index contributed by atoms with van der Waals surface area (Å²) < 4.78 is 5.67. The second-order valence-corrected chi connectivity index (χ2v) is 7.15. The molecule has 0 bridgehead atoms. The predicted octanol–water partition coefficient (Wildman–Crippen LogP) is 4.94. The maximum Gasteiger partial charge on any atom is 0.412 e. The van der Waals surface area contributed by atoms with Crippen molar-refractivity contribution in [3.63, 3.8) is 0 Å². The highest BCUT2D eigenvalue weighted by atomic mass is 16.6. The molecular formula is C23H30N2O3. The smallest absolute Gasteiger partial charge is 0.412 e. The van der Waals surface area contributed by atoms with E-state index >= 15 is 0 Å². The third-order valence-corrected chi connectivity index (χ3v) is 4.75. The van der Waals surface area contributed by atoms with Crippen molar-refractivity contribution < 1.29 is 14.6 Å². The minimum Gasteiger partial charge on any atom is -0.438 e. The second kappa shape index (κ2) is 9.42. The van der Waals surface area contributed by atoms with Crippen molar-refractivity contribution in [2.45, 2.75) is 33.3 Å². The van der Waals surface area contributed by atoms with Crippen molar-refractivity contribution >= 4 is 23.5 Å². The number of ether oxygens (including phenoxy) is 1. The monoisotopic (exact) mass is 382 g/mol. The molecule has 0 aliphatic carbocycles. The molecule has 2 aromatic rings. The summed E-state index contributed by atoms with van der Waals surface area (Å²) in [5.41, 5.74) is 3.80. The average Bonchev–Trinajstić information content (AvgIpc) is 2.67. The molecule has 0 saturated carbocycles. The molecule has 0 atom stereocenters. The van der Waals surface area contributed by atoms with Gasteiger partial charge in [0.25, 0.3) is 0 Å². The predicted molar refractivity (Wildman–Crippen MR) is 116 cm³/mol. The molecule has 0 aromatic heterocycles. The van der Waals surface area contributed by atoms with Gasteiger partial charge in [-0.3, -0.25) is 5.32 Å². The van der Waals surface area contributed by atoms with Crippen LogP contribution < -0.4 is 10.2 Å². The maximum absolute atomic E-state index is 12.5. The molecule has 2 rings (SSSR count). The highest BCUT2D eigenvalue weighted by Gasteiger charge is 2.25. The molecule has 0 unspecified atom stereocenters. The zero-order chi connectivity index (χ0) is 20.7. The number of anilines is 2. The molecule has 0 fully saturated rings. The highest BCUT2D eigenvalue weighted by molar-refractivity contribution is 5.86. The summed E-state index contributed by atoms with van der Waals surface area (Å²) in [4.78, 5) is 14.5. The first-order valence-electron chi connectivity index (χ1n) is 9.50. The van der Waals surface area contributed by atoms with Gasteiger partial charge < -0.3 is 14.7 Å². The second-order valence-electron chi connectivity index (χ2n) is 7.15. The van der Waals surface area contributed by atoms with Gasteiger partial charge in [-0.15, -0.1) is 0 Å². The summed E-state index contributed by atoms with van der Waals surface area (Å²) >= 11 is 0. The van der Waals surface area contributed by atoms with Gasteiger partial charge in [-0.2, -0.15) is 0 Å². The molecule has 0 aliphatic rings. The number of aryl methyl sites for hydroxylation is 1. The van der Waals surface area contributed by atoms with Gasteiger partial charge in [-0.25, -0.2) is 4.79 Å². The Morgan fingerprint density at radius 2 is 1.93 bits per heavy atom. The van der Waals surface area contributed by atoms with Crippen LogP contribution in [0.4, 0.5) is 16.2 Å². The highest BCUT2D eigenvalue weighted by Crippen LogP contribution is 2.27. The SMILES string of the molecule is C=Cc1ccc(C(C)(C)OC(=O)Nc2ccc(N(CC)CCO)cc2C)cc1. The topological polar surface area (TPSA) is 61.8 Å². The van der Waals surface area contributed by atoms with E-state index in [-0.39, 0.29) is 6.61 Å². The largest absolute Gasteiger partial charge is 0.438 e. The zero-order valence-corrected chi connectivity index (χ0v) is 17.2. The third-order valence-electron chi connectivity index (χ3n) is 4.75. The van der Waals surface area contributed by atoms with E-state index in [1.54, 1.807) is 6.08 Å². The summed E-state index contributed by atoms with van der Waals surface area (Å²) in [6, 6.07) is 13.5. The van der Waals surface area contributed by atoms with Gasteiger partial charge in [0.15, 0.2) is 0 Å². The van der Waals surface area contributed by atoms with Crippen LogP contribution in [0, 0.1) is 6.92 Å². The van der Waals surface area contributed by atoms with Crippen LogP contribution in [0.1, 0.15) is 37.5 Å². The Labute approximate surface area is 167 Å². The Morgan fingerprint density at radius 3 is 2.46 bits per heavy atom. The molecule has 150 valence electrons. The van der Waals surface area contributed by atoms with Crippen molar-refractivity contribution in [2.75, 3.05) is 29.9 Å². The number of carbonyl (C=O) groups excluding carboxylic acids is 1. The van der Waals surface area contributed by atoms with E-state index < -0.39 is 11.7 Å². The fourth-order valence-corrected chi connectivity index (χ4v) is 3.02. The number of benzene rings is 2. The molecule has 0 aliphatic heterocycles. The van der Waals surface area contributed by atoms with Gasteiger partial charge in [0, 0.05) is 24.5 Å². The first kappa shape index (κ1) is 21.5. The Morgan fingerprint density at radius 1 is 1.25 bits per heavy atom. The van der Waals surface area contributed by atoms with Crippen molar-refractivity contribution in [1.82, 2.24) is 0 Å². The number of rotatable bonds is 8. The van der Waals surface area contributed by atoms with Gasteiger partial charge in [-0.05, 0) is 62.6 Å². The van der Waals surface area contributed by atoms with Gasteiger partial charge >= 0.3 is 6.09 Å². The Hall–Kier alpha value is -2.79. The Balaban J connectivity index is 2.08. The molecule has 0 radical (unpaired) electrons. The number of nitrogens with one attached hydrogen (secondary N) is 1. The quantitative estimate of drug-likeness (QED) is 0.679. The van der Waals surface area contributed by atoms with E-state index in [1.807, 2.05) is 70.2 Å². The number of aliphatic hydroxyl groups is 1. The average molecular weight is 383 g/mol. The number of aliphatic hydroxyl groups excluding tert-OH is 1. The third kappa shape index (κ3) is 5.36. The summed E-state index contributed by atoms with van der Waals surface area (Å²) in [5, 5.41) is 12.0. The Kier molecular flexibility index (Phi) is 7.24. The summed E-state index contributed by atoms with van der Waals surface area (Å²) in [5.74, 6) is 0. The lowest BCUT2D eigenvalue weighted by molar-refractivity contribution is 0.0466. The van der Waals surface area contributed by atoms with E-state index in [9.17, 15) is 9.90 Å². The molecule has 0 spiro atoms. The minimum absolute atomic E-state index is 0.0993. The molecular weight excluding hydrogens is 352 g/mol. The number of hydrogen-bond donors (Lipinski definition) is 2. The van der Waals surface area contributed by atoms with Crippen LogP contribution in [0.3, 0.4) is 0 Å². The van der Waals surface area contributed by atoms with Gasteiger partial charge in [0.05, 0.1) is 6.61 Å². The lowest BCUT2D eigenvalue weighted by Crippen LogP contribution is -2.29. The Bertz CT molecular complexity index is 813. The van der Waals surface area contributed by atoms with Crippen LogP contribution in [0.2, 0.25) is 0 Å². The van der Waals surface area contributed by atoms with Crippen molar-refractivity contribution in [1.29, 1.82) is 0 Å². The van der Waals surface area contributed by atoms with Crippen molar-refractivity contribution in [2.24, 2.45) is 0 Å². The lowest BCUT2D eigenvalue weighted by atomic mass is 9.97. The van der Waals surface area contributed by atoms with E-state index in [0.717, 1.165) is 28.9 Å². The number of amides is 1. The molecule has 2 N–H and O–H groups in total. The van der Waals surface area contributed by atoms with Gasteiger partial charge in [0.2, 0.25) is 0 Å². The number of hydrogen-bond acceptors (Lipinski definition) is 4. The summed E-state index contributed by atoms with van der Waals surface area (Å²) in [7, 11) is 0.